The molecule has 0 aliphatic carbocycles. The van der Waals surface area contributed by atoms with E-state index < -0.39 is 0 Å². The van der Waals surface area contributed by atoms with Gasteiger partial charge in [-0.3, -0.25) is 0 Å². The number of hydrogen-bond acceptors (Lipinski definition) is 1. The standard InChI is InChI=1S/C14H22FN/c1-10(6-7-16)4-5-13-8-11(2)14(15)12(3)9-13/h8-10H,4-7,16H2,1-3H3. The summed E-state index contributed by atoms with van der Waals surface area (Å²) >= 11 is 0. The maximum Gasteiger partial charge on any atom is 0.129 e. The minimum Gasteiger partial charge on any atom is -0.330 e. The summed E-state index contributed by atoms with van der Waals surface area (Å²) in [5.41, 5.74) is 8.26. The number of nitrogens with two attached hydrogens (primary N) is 1. The van der Waals surface area contributed by atoms with E-state index in [-0.39, 0.29) is 5.82 Å². The second-order valence-corrected chi connectivity index (χ2v) is 4.76. The van der Waals surface area contributed by atoms with Crippen molar-refractivity contribution in [2.75, 3.05) is 6.54 Å². The Labute approximate surface area is 97.9 Å². The summed E-state index contributed by atoms with van der Waals surface area (Å²) in [5.74, 6) is 0.578. The molecular formula is C14H22FN. The van der Waals surface area contributed by atoms with E-state index in [2.05, 4.69) is 6.92 Å². The molecule has 0 saturated heterocycles. The highest BCUT2D eigenvalue weighted by Gasteiger charge is 2.06. The zero-order valence-electron chi connectivity index (χ0n) is 10.5. The van der Waals surface area contributed by atoms with Crippen LogP contribution in [0.4, 0.5) is 4.39 Å². The lowest BCUT2D eigenvalue weighted by atomic mass is 9.96. The summed E-state index contributed by atoms with van der Waals surface area (Å²) < 4.78 is 13.4. The van der Waals surface area contributed by atoms with Gasteiger partial charge in [-0.1, -0.05) is 19.1 Å². The van der Waals surface area contributed by atoms with Crippen molar-refractivity contribution < 1.29 is 4.39 Å². The first-order valence-electron chi connectivity index (χ1n) is 6.00. The van der Waals surface area contributed by atoms with Gasteiger partial charge < -0.3 is 5.73 Å². The van der Waals surface area contributed by atoms with Crippen LogP contribution in [-0.4, -0.2) is 6.54 Å². The van der Waals surface area contributed by atoms with Crippen molar-refractivity contribution in [1.82, 2.24) is 0 Å². The third-order valence-corrected chi connectivity index (χ3v) is 3.08. The van der Waals surface area contributed by atoms with Gasteiger partial charge in [0, 0.05) is 0 Å². The molecule has 0 aliphatic heterocycles. The van der Waals surface area contributed by atoms with E-state index in [1.54, 1.807) is 0 Å². The largest absolute Gasteiger partial charge is 0.330 e. The molecule has 16 heavy (non-hydrogen) atoms. The molecule has 0 saturated carbocycles. The van der Waals surface area contributed by atoms with Gasteiger partial charge in [0.25, 0.3) is 0 Å². The van der Waals surface area contributed by atoms with E-state index in [9.17, 15) is 4.39 Å². The highest BCUT2D eigenvalue weighted by atomic mass is 19.1. The van der Waals surface area contributed by atoms with Crippen molar-refractivity contribution in [3.63, 3.8) is 0 Å². The smallest absolute Gasteiger partial charge is 0.129 e. The molecule has 1 aromatic rings. The fraction of sp³-hybridized carbons (Fsp3) is 0.571. The second-order valence-electron chi connectivity index (χ2n) is 4.76. The lowest BCUT2D eigenvalue weighted by Crippen LogP contribution is -2.06. The van der Waals surface area contributed by atoms with Crippen LogP contribution in [0.1, 0.15) is 36.5 Å². The van der Waals surface area contributed by atoms with Gasteiger partial charge in [0.1, 0.15) is 5.82 Å². The summed E-state index contributed by atoms with van der Waals surface area (Å²) in [4.78, 5) is 0. The molecule has 1 nitrogen and oxygen atoms in total. The third-order valence-electron chi connectivity index (χ3n) is 3.08. The van der Waals surface area contributed by atoms with Crippen LogP contribution in [0.25, 0.3) is 0 Å². The summed E-state index contributed by atoms with van der Waals surface area (Å²) in [6, 6.07) is 3.91. The molecular weight excluding hydrogens is 201 g/mol. The van der Waals surface area contributed by atoms with Gasteiger partial charge in [0.15, 0.2) is 0 Å². The van der Waals surface area contributed by atoms with Gasteiger partial charge in [0.05, 0.1) is 0 Å². The molecule has 2 heteroatoms. The number of aryl methyl sites for hydroxylation is 3. The van der Waals surface area contributed by atoms with E-state index in [0.29, 0.717) is 5.92 Å². The monoisotopic (exact) mass is 223 g/mol. The molecule has 90 valence electrons. The average molecular weight is 223 g/mol. The zero-order chi connectivity index (χ0) is 12.1. The molecule has 1 aromatic carbocycles. The molecule has 1 atom stereocenters. The molecule has 2 N–H and O–H groups in total. The summed E-state index contributed by atoms with van der Waals surface area (Å²) in [5, 5.41) is 0. The van der Waals surface area contributed by atoms with Crippen LogP contribution in [-0.2, 0) is 6.42 Å². The topological polar surface area (TPSA) is 26.0 Å². The highest BCUT2D eigenvalue weighted by Crippen LogP contribution is 2.18. The first-order valence-corrected chi connectivity index (χ1v) is 6.00. The second kappa shape index (κ2) is 6.00. The van der Waals surface area contributed by atoms with Crippen LogP contribution < -0.4 is 5.73 Å². The van der Waals surface area contributed by atoms with Gasteiger partial charge in [-0.05, 0) is 62.3 Å². The van der Waals surface area contributed by atoms with Crippen molar-refractivity contribution in [1.29, 1.82) is 0 Å². The molecule has 0 bridgehead atoms. The van der Waals surface area contributed by atoms with Crippen LogP contribution >= 0.6 is 0 Å². The Balaban J connectivity index is 2.61. The maximum absolute atomic E-state index is 13.4. The lowest BCUT2D eigenvalue weighted by Gasteiger charge is -2.11. The molecule has 1 rings (SSSR count). The Kier molecular flexibility index (Phi) is 4.94. The Bertz CT molecular complexity index is 324. The minimum absolute atomic E-state index is 0.0706. The average Bonchev–Trinajstić information content (AvgIpc) is 2.23. The lowest BCUT2D eigenvalue weighted by molar-refractivity contribution is 0.499. The number of halogens is 1. The van der Waals surface area contributed by atoms with E-state index in [4.69, 9.17) is 5.73 Å². The van der Waals surface area contributed by atoms with Crippen LogP contribution in [0.15, 0.2) is 12.1 Å². The number of benzene rings is 1. The SMILES string of the molecule is Cc1cc(CCC(C)CCN)cc(C)c1F. The predicted molar refractivity (Wildman–Crippen MR) is 67.0 cm³/mol. The van der Waals surface area contributed by atoms with Gasteiger partial charge >= 0.3 is 0 Å². The Morgan fingerprint density at radius 1 is 1.19 bits per heavy atom. The van der Waals surface area contributed by atoms with Gasteiger partial charge in [-0.15, -0.1) is 0 Å². The van der Waals surface area contributed by atoms with Crippen molar-refractivity contribution >= 4 is 0 Å². The summed E-state index contributed by atoms with van der Waals surface area (Å²) in [6.07, 6.45) is 3.21. The van der Waals surface area contributed by atoms with E-state index >= 15 is 0 Å². The van der Waals surface area contributed by atoms with Crippen LogP contribution in [0.5, 0.6) is 0 Å². The Hall–Kier alpha value is -0.890. The molecule has 0 aromatic heterocycles. The third kappa shape index (κ3) is 3.60. The normalized spacial score (nSPS) is 12.8. The van der Waals surface area contributed by atoms with Crippen LogP contribution in [0.3, 0.4) is 0 Å². The first kappa shape index (κ1) is 13.2. The highest BCUT2D eigenvalue weighted by molar-refractivity contribution is 5.30. The van der Waals surface area contributed by atoms with Gasteiger partial charge in [-0.2, -0.15) is 0 Å². The fourth-order valence-electron chi connectivity index (χ4n) is 2.02. The molecule has 0 fully saturated rings. The van der Waals surface area contributed by atoms with E-state index in [1.165, 1.54) is 5.56 Å². The van der Waals surface area contributed by atoms with Crippen molar-refractivity contribution in [2.24, 2.45) is 11.7 Å². The predicted octanol–water partition coefficient (Wildman–Crippen LogP) is 3.36. The quantitative estimate of drug-likeness (QED) is 0.814. The maximum atomic E-state index is 13.4. The molecule has 0 aliphatic rings. The fourth-order valence-corrected chi connectivity index (χ4v) is 2.02. The molecule has 0 heterocycles. The zero-order valence-corrected chi connectivity index (χ0v) is 10.5. The minimum atomic E-state index is -0.0706. The number of rotatable bonds is 5. The van der Waals surface area contributed by atoms with Gasteiger partial charge in [0.2, 0.25) is 0 Å². The molecule has 0 radical (unpaired) electrons. The Morgan fingerprint density at radius 2 is 1.75 bits per heavy atom. The molecule has 0 spiro atoms. The van der Waals surface area contributed by atoms with Crippen molar-refractivity contribution in [3.05, 3.63) is 34.6 Å². The molecule has 1 unspecified atom stereocenters. The Morgan fingerprint density at radius 3 is 2.25 bits per heavy atom. The summed E-state index contributed by atoms with van der Waals surface area (Å²) in [7, 11) is 0. The van der Waals surface area contributed by atoms with Crippen LogP contribution in [0, 0.1) is 25.6 Å². The van der Waals surface area contributed by atoms with Crippen molar-refractivity contribution in [3.8, 4) is 0 Å². The summed E-state index contributed by atoms with van der Waals surface area (Å²) in [6.45, 7) is 6.63. The van der Waals surface area contributed by atoms with E-state index in [1.807, 2.05) is 26.0 Å². The van der Waals surface area contributed by atoms with Crippen molar-refractivity contribution in [2.45, 2.75) is 40.0 Å². The van der Waals surface area contributed by atoms with E-state index in [0.717, 1.165) is 36.9 Å². The van der Waals surface area contributed by atoms with Gasteiger partial charge in [-0.25, -0.2) is 4.39 Å². The first-order chi connectivity index (χ1) is 7.54. The molecule has 0 amide bonds. The number of hydrogen-bond donors (Lipinski definition) is 1. The van der Waals surface area contributed by atoms with Crippen LogP contribution in [0.2, 0.25) is 0 Å².